The Hall–Kier alpha value is -0.920. The van der Waals surface area contributed by atoms with Crippen molar-refractivity contribution in [2.24, 2.45) is 0 Å². The third-order valence-electron chi connectivity index (χ3n) is 2.09. The van der Waals surface area contributed by atoms with Gasteiger partial charge in [0.2, 0.25) is 0 Å². The van der Waals surface area contributed by atoms with Crippen LogP contribution in [0.25, 0.3) is 0 Å². The summed E-state index contributed by atoms with van der Waals surface area (Å²) in [6.45, 7) is 7.42. The van der Waals surface area contributed by atoms with Crippen LogP contribution in [0.2, 0.25) is 0 Å². The zero-order chi connectivity index (χ0) is 14.0. The van der Waals surface area contributed by atoms with E-state index in [1.807, 2.05) is 6.92 Å². The first-order chi connectivity index (χ1) is 8.39. The van der Waals surface area contributed by atoms with Gasteiger partial charge in [-0.3, -0.25) is 4.18 Å². The fraction of sp³-hybridized carbons (Fsp3) is 0.750. The van der Waals surface area contributed by atoms with Crippen LogP contribution in [0.3, 0.4) is 0 Å². The summed E-state index contributed by atoms with van der Waals surface area (Å²) in [6.07, 6.45) is 2.51. The third-order valence-corrected chi connectivity index (χ3v) is 3.40. The number of esters is 1. The number of carbonyl (C=O) groups excluding carboxylic acids is 1. The molecule has 114 valence electrons. The van der Waals surface area contributed by atoms with Crippen molar-refractivity contribution in [3.05, 3.63) is 12.2 Å². The molecule has 0 saturated carbocycles. The zero-order valence-corrected chi connectivity index (χ0v) is 12.6. The van der Waals surface area contributed by atoms with Gasteiger partial charge >= 0.3 is 5.97 Å². The molecule has 0 saturated heterocycles. The van der Waals surface area contributed by atoms with Crippen LogP contribution in [-0.4, -0.2) is 33.4 Å². The molecule has 0 aliphatic heterocycles. The highest BCUT2D eigenvalue weighted by Crippen LogP contribution is 2.03. The van der Waals surface area contributed by atoms with E-state index in [2.05, 4.69) is 6.58 Å². The number of unbranched alkanes of at least 4 members (excludes halogenated alkanes) is 2. The molecule has 0 aliphatic carbocycles. The van der Waals surface area contributed by atoms with Gasteiger partial charge in [-0.05, 0) is 32.6 Å². The van der Waals surface area contributed by atoms with Crippen molar-refractivity contribution in [3.8, 4) is 0 Å². The molecule has 0 aliphatic rings. The Balaban J connectivity index is 0. The van der Waals surface area contributed by atoms with Gasteiger partial charge in [-0.15, -0.1) is 0 Å². The molecule has 0 amide bonds. The summed E-state index contributed by atoms with van der Waals surface area (Å²) in [4.78, 5) is 11.0. The lowest BCUT2D eigenvalue weighted by Gasteiger charge is -2.05. The molecule has 0 fully saturated rings. The first-order valence-corrected chi connectivity index (χ1v) is 7.66. The molecule has 7 heteroatoms. The first kappa shape index (κ1) is 20.4. The van der Waals surface area contributed by atoms with Crippen molar-refractivity contribution in [2.45, 2.75) is 39.5 Å². The van der Waals surface area contributed by atoms with E-state index >= 15 is 0 Å². The molecule has 0 aromatic heterocycles. The fourth-order valence-corrected chi connectivity index (χ4v) is 2.21. The minimum atomic E-state index is -3.38. The van der Waals surface area contributed by atoms with Crippen LogP contribution in [-0.2, 0) is 23.8 Å². The van der Waals surface area contributed by atoms with Crippen LogP contribution >= 0.6 is 0 Å². The Kier molecular flexibility index (Phi) is 11.8. The molecular formula is C12H25NO5S. The van der Waals surface area contributed by atoms with E-state index in [1.165, 1.54) is 0 Å². The maximum Gasteiger partial charge on any atom is 0.333 e. The highest BCUT2D eigenvalue weighted by molar-refractivity contribution is 7.86. The van der Waals surface area contributed by atoms with E-state index in [0.717, 1.165) is 0 Å². The van der Waals surface area contributed by atoms with Gasteiger partial charge in [-0.2, -0.15) is 8.42 Å². The molecule has 0 heterocycles. The van der Waals surface area contributed by atoms with Crippen LogP contribution < -0.4 is 6.15 Å². The van der Waals surface area contributed by atoms with Crippen molar-refractivity contribution in [3.63, 3.8) is 0 Å². The molecule has 0 radical (unpaired) electrons. The van der Waals surface area contributed by atoms with Crippen LogP contribution in [0.1, 0.15) is 39.5 Å². The van der Waals surface area contributed by atoms with Crippen LogP contribution in [0.5, 0.6) is 0 Å². The number of ether oxygens (including phenoxy) is 1. The lowest BCUT2D eigenvalue weighted by Crippen LogP contribution is -2.11. The number of carbonyl (C=O) groups is 1. The number of hydrogen-bond donors (Lipinski definition) is 1. The average Bonchev–Trinajstić information content (AvgIpc) is 2.30. The Morgan fingerprint density at radius 3 is 2.32 bits per heavy atom. The van der Waals surface area contributed by atoms with E-state index in [4.69, 9.17) is 8.92 Å². The van der Waals surface area contributed by atoms with E-state index in [-0.39, 0.29) is 18.5 Å². The van der Waals surface area contributed by atoms with Gasteiger partial charge in [0, 0.05) is 5.57 Å². The van der Waals surface area contributed by atoms with Gasteiger partial charge in [0.05, 0.1) is 19.0 Å². The van der Waals surface area contributed by atoms with Crippen LogP contribution in [0.4, 0.5) is 0 Å². The normalized spacial score (nSPS) is 10.6. The standard InChI is InChI=1S/C12H22O5S.H3N/c1-4-8-17-18(14,15)10-7-5-6-9-16-12(13)11(2)3;/h2,4-10H2,1,3H3;1H3. The minimum Gasteiger partial charge on any atom is -0.462 e. The smallest absolute Gasteiger partial charge is 0.333 e. The third kappa shape index (κ3) is 11.9. The van der Waals surface area contributed by atoms with Crippen molar-refractivity contribution in [1.82, 2.24) is 6.15 Å². The van der Waals surface area contributed by atoms with Gasteiger partial charge in [-0.25, -0.2) is 4.79 Å². The maximum atomic E-state index is 11.3. The van der Waals surface area contributed by atoms with E-state index in [0.29, 0.717) is 37.9 Å². The second-order valence-corrected chi connectivity index (χ2v) is 5.82. The fourth-order valence-electron chi connectivity index (χ4n) is 1.11. The highest BCUT2D eigenvalue weighted by Gasteiger charge is 2.10. The van der Waals surface area contributed by atoms with Gasteiger partial charge in [-0.1, -0.05) is 13.5 Å². The molecule has 0 aromatic carbocycles. The predicted molar refractivity (Wildman–Crippen MR) is 74.7 cm³/mol. The van der Waals surface area contributed by atoms with Gasteiger partial charge in [0.15, 0.2) is 0 Å². The summed E-state index contributed by atoms with van der Waals surface area (Å²) in [6, 6.07) is 0. The Morgan fingerprint density at radius 2 is 1.79 bits per heavy atom. The largest absolute Gasteiger partial charge is 0.462 e. The summed E-state index contributed by atoms with van der Waals surface area (Å²) in [7, 11) is -3.38. The molecule has 0 spiro atoms. The van der Waals surface area contributed by atoms with E-state index < -0.39 is 16.1 Å². The average molecular weight is 295 g/mol. The Bertz CT molecular complexity index is 364. The van der Waals surface area contributed by atoms with Crippen molar-refractivity contribution >= 4 is 16.1 Å². The summed E-state index contributed by atoms with van der Waals surface area (Å²) in [5, 5.41) is 0. The molecule has 0 atom stereocenters. The molecule has 3 N–H and O–H groups in total. The van der Waals surface area contributed by atoms with Crippen molar-refractivity contribution in [1.29, 1.82) is 0 Å². The van der Waals surface area contributed by atoms with Gasteiger partial charge in [0.1, 0.15) is 0 Å². The van der Waals surface area contributed by atoms with Gasteiger partial charge < -0.3 is 10.9 Å². The second kappa shape index (κ2) is 11.0. The first-order valence-electron chi connectivity index (χ1n) is 6.08. The summed E-state index contributed by atoms with van der Waals surface area (Å²) < 4.78 is 32.2. The SMILES string of the molecule is C=C(C)C(=O)OCCCCCS(=O)(=O)OCCC.N. The second-order valence-electron chi connectivity index (χ2n) is 4.06. The summed E-state index contributed by atoms with van der Waals surface area (Å²) >= 11 is 0. The predicted octanol–water partition coefficient (Wildman–Crippen LogP) is 2.19. The molecule has 19 heavy (non-hydrogen) atoms. The lowest BCUT2D eigenvalue weighted by atomic mass is 10.3. The van der Waals surface area contributed by atoms with Crippen molar-refractivity contribution in [2.75, 3.05) is 19.0 Å². The molecular weight excluding hydrogens is 270 g/mol. The Morgan fingerprint density at radius 1 is 1.16 bits per heavy atom. The highest BCUT2D eigenvalue weighted by atomic mass is 32.2. The number of rotatable bonds is 10. The molecule has 0 aromatic rings. The monoisotopic (exact) mass is 295 g/mol. The molecule has 0 bridgehead atoms. The maximum absolute atomic E-state index is 11.3. The zero-order valence-electron chi connectivity index (χ0n) is 11.8. The van der Waals surface area contributed by atoms with Crippen LogP contribution in [0.15, 0.2) is 12.2 Å². The molecule has 0 unspecified atom stereocenters. The van der Waals surface area contributed by atoms with E-state index in [1.54, 1.807) is 6.92 Å². The minimum absolute atomic E-state index is 0. The lowest BCUT2D eigenvalue weighted by molar-refractivity contribution is -0.139. The Labute approximate surface area is 115 Å². The molecule has 0 rings (SSSR count). The van der Waals surface area contributed by atoms with Crippen molar-refractivity contribution < 1.29 is 22.1 Å². The quantitative estimate of drug-likeness (QED) is 0.287. The molecule has 6 nitrogen and oxygen atoms in total. The summed E-state index contributed by atoms with van der Waals surface area (Å²) in [5.74, 6) is -0.393. The summed E-state index contributed by atoms with van der Waals surface area (Å²) in [5.41, 5.74) is 0.366. The topological polar surface area (TPSA) is 105 Å². The van der Waals surface area contributed by atoms with E-state index in [9.17, 15) is 13.2 Å². The number of hydrogen-bond acceptors (Lipinski definition) is 6. The van der Waals surface area contributed by atoms with Gasteiger partial charge in [0.25, 0.3) is 10.1 Å². The van der Waals surface area contributed by atoms with Crippen LogP contribution in [0, 0.1) is 0 Å².